The quantitative estimate of drug-likeness (QED) is 0.655. The molecule has 0 unspecified atom stereocenters. The Morgan fingerprint density at radius 3 is 2.38 bits per heavy atom. The van der Waals surface area contributed by atoms with E-state index in [-0.39, 0.29) is 11.7 Å². The molecule has 1 amide bonds. The lowest BCUT2D eigenvalue weighted by Crippen LogP contribution is -2.23. The second-order valence-electron chi connectivity index (χ2n) is 5.55. The summed E-state index contributed by atoms with van der Waals surface area (Å²) in [6, 6.07) is 17.3. The van der Waals surface area contributed by atoms with Gasteiger partial charge in [-0.1, -0.05) is 54.3 Å². The number of ketones is 1. The number of hydrogen-bond acceptors (Lipinski definition) is 2. The van der Waals surface area contributed by atoms with Crippen molar-refractivity contribution >= 4 is 11.7 Å². The van der Waals surface area contributed by atoms with Crippen LogP contribution in [-0.2, 0) is 11.2 Å². The number of hydrogen-bond donors (Lipinski definition) is 1. The Kier molecular flexibility index (Phi) is 6.79. The molecule has 0 aliphatic rings. The summed E-state index contributed by atoms with van der Waals surface area (Å²) in [6.45, 7) is 1.87. The van der Waals surface area contributed by atoms with Gasteiger partial charge in [0.1, 0.15) is 0 Å². The molecule has 0 fully saturated rings. The summed E-state index contributed by atoms with van der Waals surface area (Å²) >= 11 is 0. The zero-order valence-corrected chi connectivity index (χ0v) is 13.8. The highest BCUT2D eigenvalue weighted by Gasteiger charge is 2.00. The van der Waals surface area contributed by atoms with Crippen LogP contribution in [0.1, 0.15) is 41.3 Å². The second kappa shape index (κ2) is 9.32. The Balaban J connectivity index is 1.68. The van der Waals surface area contributed by atoms with Crippen LogP contribution < -0.4 is 5.32 Å². The second-order valence-corrected chi connectivity index (χ2v) is 5.55. The van der Waals surface area contributed by atoms with Gasteiger partial charge in [-0.05, 0) is 37.5 Å². The molecule has 3 heteroatoms. The molecule has 2 aromatic carbocycles. The number of nitrogens with one attached hydrogen (secondary N) is 1. The van der Waals surface area contributed by atoms with Gasteiger partial charge in [-0.25, -0.2) is 0 Å². The van der Waals surface area contributed by atoms with E-state index in [1.165, 1.54) is 12.5 Å². The molecular weight excluding hydrogens is 298 g/mol. The van der Waals surface area contributed by atoms with Gasteiger partial charge in [0.05, 0.1) is 6.54 Å². The van der Waals surface area contributed by atoms with Crippen LogP contribution in [0.5, 0.6) is 0 Å². The molecule has 0 aromatic heterocycles. The molecule has 24 heavy (non-hydrogen) atoms. The number of carbonyl (C=O) groups is 2. The first-order valence-electron chi connectivity index (χ1n) is 8.05. The van der Waals surface area contributed by atoms with Gasteiger partial charge in [-0.3, -0.25) is 9.59 Å². The van der Waals surface area contributed by atoms with Crippen LogP contribution in [0, 0.1) is 11.8 Å². The van der Waals surface area contributed by atoms with Crippen molar-refractivity contribution in [2.45, 2.75) is 26.2 Å². The van der Waals surface area contributed by atoms with Crippen molar-refractivity contribution in [3.05, 3.63) is 71.3 Å². The summed E-state index contributed by atoms with van der Waals surface area (Å²) < 4.78 is 0. The Morgan fingerprint density at radius 2 is 1.71 bits per heavy atom. The molecule has 0 aliphatic carbocycles. The maximum atomic E-state index is 11.7. The maximum Gasteiger partial charge on any atom is 0.220 e. The van der Waals surface area contributed by atoms with Gasteiger partial charge in [0.25, 0.3) is 0 Å². The summed E-state index contributed by atoms with van der Waals surface area (Å²) in [7, 11) is 0. The van der Waals surface area contributed by atoms with Crippen LogP contribution in [0.4, 0.5) is 0 Å². The molecule has 0 saturated heterocycles. The highest BCUT2D eigenvalue weighted by Crippen LogP contribution is 2.05. The van der Waals surface area contributed by atoms with Crippen LogP contribution >= 0.6 is 0 Å². The molecule has 0 saturated carbocycles. The summed E-state index contributed by atoms with van der Waals surface area (Å²) in [5.74, 6) is 5.95. The van der Waals surface area contributed by atoms with Gasteiger partial charge < -0.3 is 5.32 Å². The summed E-state index contributed by atoms with van der Waals surface area (Å²) in [6.07, 6.45) is 2.24. The zero-order valence-electron chi connectivity index (χ0n) is 13.8. The predicted molar refractivity (Wildman–Crippen MR) is 95.7 cm³/mol. The van der Waals surface area contributed by atoms with E-state index in [4.69, 9.17) is 0 Å². The summed E-state index contributed by atoms with van der Waals surface area (Å²) in [5.41, 5.74) is 2.75. The van der Waals surface area contributed by atoms with E-state index in [0.717, 1.165) is 18.4 Å². The zero-order chi connectivity index (χ0) is 17.2. The Labute approximate surface area is 143 Å². The van der Waals surface area contributed by atoms with E-state index in [0.29, 0.717) is 18.5 Å². The highest BCUT2D eigenvalue weighted by atomic mass is 16.1. The highest BCUT2D eigenvalue weighted by molar-refractivity contribution is 5.94. The monoisotopic (exact) mass is 319 g/mol. The van der Waals surface area contributed by atoms with Crippen LogP contribution in [0.2, 0.25) is 0 Å². The largest absolute Gasteiger partial charge is 0.345 e. The molecule has 2 rings (SSSR count). The predicted octanol–water partition coefficient (Wildman–Crippen LogP) is 3.38. The van der Waals surface area contributed by atoms with Crippen molar-refractivity contribution in [2.75, 3.05) is 6.54 Å². The third-order valence-corrected chi connectivity index (χ3v) is 3.61. The molecule has 0 radical (unpaired) electrons. The van der Waals surface area contributed by atoms with Crippen molar-refractivity contribution in [2.24, 2.45) is 0 Å². The minimum atomic E-state index is 0.0205. The molecular formula is C21H21NO2. The number of rotatable bonds is 6. The lowest BCUT2D eigenvalue weighted by atomic mass is 10.1. The molecule has 3 nitrogen and oxygen atoms in total. The fraction of sp³-hybridized carbons (Fsp3) is 0.238. The molecule has 0 spiro atoms. The van der Waals surface area contributed by atoms with Crippen LogP contribution in [0.25, 0.3) is 0 Å². The smallest absolute Gasteiger partial charge is 0.220 e. The normalized spacial score (nSPS) is 9.71. The average molecular weight is 319 g/mol. The number of Topliss-reactive ketones (excluding diaryl/α,β-unsaturated/α-hetero) is 1. The number of carbonyl (C=O) groups excluding carboxylic acids is 2. The molecule has 1 N–H and O–H groups in total. The van der Waals surface area contributed by atoms with Crippen LogP contribution in [-0.4, -0.2) is 18.2 Å². The van der Waals surface area contributed by atoms with Crippen molar-refractivity contribution in [3.63, 3.8) is 0 Å². The molecule has 0 aliphatic heterocycles. The third-order valence-electron chi connectivity index (χ3n) is 3.61. The first kappa shape index (κ1) is 17.5. The topological polar surface area (TPSA) is 46.2 Å². The Hall–Kier alpha value is -2.86. The molecule has 0 bridgehead atoms. The van der Waals surface area contributed by atoms with E-state index < -0.39 is 0 Å². The fourth-order valence-corrected chi connectivity index (χ4v) is 2.26. The Bertz CT molecular complexity index is 737. The van der Waals surface area contributed by atoms with Gasteiger partial charge >= 0.3 is 0 Å². The molecule has 0 atom stereocenters. The fourth-order valence-electron chi connectivity index (χ4n) is 2.26. The van der Waals surface area contributed by atoms with Crippen molar-refractivity contribution in [1.29, 1.82) is 0 Å². The van der Waals surface area contributed by atoms with Crippen LogP contribution in [0.3, 0.4) is 0 Å². The van der Waals surface area contributed by atoms with E-state index in [1.54, 1.807) is 12.1 Å². The number of aryl methyl sites for hydroxylation is 1. The minimum Gasteiger partial charge on any atom is -0.345 e. The van der Waals surface area contributed by atoms with Crippen molar-refractivity contribution < 1.29 is 9.59 Å². The van der Waals surface area contributed by atoms with Gasteiger partial charge in [0.15, 0.2) is 5.78 Å². The van der Waals surface area contributed by atoms with Crippen LogP contribution in [0.15, 0.2) is 54.6 Å². The first-order valence-corrected chi connectivity index (χ1v) is 8.05. The third kappa shape index (κ3) is 6.10. The van der Waals surface area contributed by atoms with Crippen molar-refractivity contribution in [3.8, 4) is 11.8 Å². The molecule has 2 aromatic rings. The first-order chi connectivity index (χ1) is 11.6. The van der Waals surface area contributed by atoms with Gasteiger partial charge in [-0.15, -0.1) is 0 Å². The van der Waals surface area contributed by atoms with Crippen molar-refractivity contribution in [1.82, 2.24) is 5.32 Å². The molecule has 122 valence electrons. The molecule has 0 heterocycles. The van der Waals surface area contributed by atoms with E-state index in [2.05, 4.69) is 29.3 Å². The number of benzene rings is 2. The lowest BCUT2D eigenvalue weighted by molar-refractivity contribution is -0.120. The SMILES string of the molecule is CC(=O)c1ccc(C#CCNC(=O)CCCc2ccccc2)cc1. The van der Waals surface area contributed by atoms with E-state index in [1.807, 2.05) is 30.3 Å². The maximum absolute atomic E-state index is 11.7. The van der Waals surface area contributed by atoms with Gasteiger partial charge in [-0.2, -0.15) is 0 Å². The average Bonchev–Trinajstić information content (AvgIpc) is 2.60. The van der Waals surface area contributed by atoms with Gasteiger partial charge in [0, 0.05) is 17.5 Å². The number of amides is 1. The summed E-state index contributed by atoms with van der Waals surface area (Å²) in [5, 5.41) is 2.80. The standard InChI is InChI=1S/C21H21NO2/c1-17(23)20-14-12-19(13-15-20)10-6-16-22-21(24)11-5-9-18-7-3-2-4-8-18/h2-4,7-8,12-15H,5,9,11,16H2,1H3,(H,22,24). The minimum absolute atomic E-state index is 0.0205. The van der Waals surface area contributed by atoms with E-state index in [9.17, 15) is 9.59 Å². The lowest BCUT2D eigenvalue weighted by Gasteiger charge is -2.02. The van der Waals surface area contributed by atoms with Gasteiger partial charge in [0.2, 0.25) is 5.91 Å². The van der Waals surface area contributed by atoms with E-state index >= 15 is 0 Å². The Morgan fingerprint density at radius 1 is 1.00 bits per heavy atom. The summed E-state index contributed by atoms with van der Waals surface area (Å²) in [4.78, 5) is 22.9.